The van der Waals surface area contributed by atoms with Gasteiger partial charge in [-0.2, -0.15) is 0 Å². The van der Waals surface area contributed by atoms with Crippen molar-refractivity contribution in [1.29, 1.82) is 0 Å². The van der Waals surface area contributed by atoms with Crippen molar-refractivity contribution in [3.05, 3.63) is 21.6 Å². The van der Waals surface area contributed by atoms with Gasteiger partial charge >= 0.3 is 0 Å². The Bertz CT molecular complexity index is 348. The number of ketones is 2. The van der Waals surface area contributed by atoms with Crippen molar-refractivity contribution in [2.24, 2.45) is 0 Å². The van der Waals surface area contributed by atoms with Crippen LogP contribution >= 0.6 is 11.8 Å². The second-order valence-electron chi connectivity index (χ2n) is 3.07. The van der Waals surface area contributed by atoms with Crippen LogP contribution < -0.4 is 0 Å². The molecular weight excluding hydrogens is 184 g/mol. The molecule has 0 heterocycles. The topological polar surface area (TPSA) is 34.1 Å². The van der Waals surface area contributed by atoms with E-state index in [0.717, 1.165) is 0 Å². The van der Waals surface area contributed by atoms with Crippen molar-refractivity contribution in [1.82, 2.24) is 0 Å². The molecule has 0 aromatic rings. The molecule has 3 heteroatoms. The summed E-state index contributed by atoms with van der Waals surface area (Å²) in [6, 6.07) is 0. The Morgan fingerprint density at radius 1 is 0.846 bits per heavy atom. The number of Topliss-reactive ketones (excluding diaryl/α,β-unsaturated/α-hetero) is 2. The van der Waals surface area contributed by atoms with Crippen LogP contribution in [0.2, 0.25) is 0 Å². The Morgan fingerprint density at radius 2 is 1.31 bits per heavy atom. The molecule has 0 fully saturated rings. The summed E-state index contributed by atoms with van der Waals surface area (Å²) >= 11 is 1.35. The summed E-state index contributed by atoms with van der Waals surface area (Å²) in [5.41, 5.74) is 1.75. The molecular formula is C10H12O2S. The first-order valence-corrected chi connectivity index (χ1v) is 5.25. The summed E-state index contributed by atoms with van der Waals surface area (Å²) in [6.45, 7) is 5.12. The maximum Gasteiger partial charge on any atom is 0.195 e. The quantitative estimate of drug-likeness (QED) is 0.602. The van der Waals surface area contributed by atoms with E-state index < -0.39 is 0 Å². The van der Waals surface area contributed by atoms with Crippen LogP contribution in [0.1, 0.15) is 20.8 Å². The van der Waals surface area contributed by atoms with E-state index in [4.69, 9.17) is 0 Å². The number of carbonyl (C=O) groups excluding carboxylic acids is 2. The van der Waals surface area contributed by atoms with E-state index in [1.807, 2.05) is 6.26 Å². The zero-order chi connectivity index (χ0) is 10.2. The number of hydrogen-bond acceptors (Lipinski definition) is 3. The summed E-state index contributed by atoms with van der Waals surface area (Å²) in [4.78, 5) is 23.8. The molecule has 0 aromatic carbocycles. The number of hydrogen-bond donors (Lipinski definition) is 0. The lowest BCUT2D eigenvalue weighted by Gasteiger charge is -2.16. The lowest BCUT2D eigenvalue weighted by molar-refractivity contribution is -0.116. The largest absolute Gasteiger partial charge is 0.289 e. The van der Waals surface area contributed by atoms with Gasteiger partial charge in [0, 0.05) is 16.7 Å². The minimum Gasteiger partial charge on any atom is -0.289 e. The molecule has 0 bridgehead atoms. The molecule has 0 amide bonds. The van der Waals surface area contributed by atoms with Crippen molar-refractivity contribution < 1.29 is 9.59 Å². The summed E-state index contributed by atoms with van der Waals surface area (Å²) < 4.78 is 0. The fourth-order valence-corrected chi connectivity index (χ4v) is 2.05. The minimum absolute atomic E-state index is 0.00134. The van der Waals surface area contributed by atoms with Crippen LogP contribution in [-0.2, 0) is 9.59 Å². The number of carbonyl (C=O) groups is 2. The second kappa shape index (κ2) is 3.50. The van der Waals surface area contributed by atoms with Gasteiger partial charge in [-0.15, -0.1) is 11.8 Å². The molecule has 1 rings (SSSR count). The lowest BCUT2D eigenvalue weighted by Crippen LogP contribution is -2.18. The van der Waals surface area contributed by atoms with Gasteiger partial charge in [0.1, 0.15) is 0 Å². The van der Waals surface area contributed by atoms with Crippen molar-refractivity contribution in [2.45, 2.75) is 20.8 Å². The summed E-state index contributed by atoms with van der Waals surface area (Å²) in [6.07, 6.45) is 1.82. The van der Waals surface area contributed by atoms with Crippen molar-refractivity contribution in [2.75, 3.05) is 6.26 Å². The highest BCUT2D eigenvalue weighted by Crippen LogP contribution is 2.29. The monoisotopic (exact) mass is 196 g/mol. The first-order chi connectivity index (χ1) is 6.00. The smallest absolute Gasteiger partial charge is 0.195 e. The fourth-order valence-electron chi connectivity index (χ4n) is 1.31. The Labute approximate surface area is 82.1 Å². The van der Waals surface area contributed by atoms with Crippen LogP contribution in [0.15, 0.2) is 21.6 Å². The van der Waals surface area contributed by atoms with E-state index >= 15 is 0 Å². The van der Waals surface area contributed by atoms with Gasteiger partial charge in [-0.1, -0.05) is 0 Å². The Morgan fingerprint density at radius 3 is 1.77 bits per heavy atom. The number of thioether (sulfide) groups is 1. The average Bonchev–Trinajstić information content (AvgIpc) is 2.13. The maximum absolute atomic E-state index is 11.6. The summed E-state index contributed by atoms with van der Waals surface area (Å²) in [5.74, 6) is 0.00329. The van der Waals surface area contributed by atoms with Crippen molar-refractivity contribution in [3.8, 4) is 0 Å². The molecule has 0 aromatic heterocycles. The predicted molar refractivity (Wildman–Crippen MR) is 54.6 cm³/mol. The van der Waals surface area contributed by atoms with Crippen LogP contribution in [0.4, 0.5) is 0 Å². The Hall–Kier alpha value is -0.830. The third-order valence-corrected chi connectivity index (χ3v) is 3.24. The molecule has 0 saturated carbocycles. The standard InChI is InChI=1S/C10H12O2S/c1-5-6(2)9(12)10(13-4)7(3)8(5)11/h1-4H3. The molecule has 0 unspecified atom stereocenters. The van der Waals surface area contributed by atoms with Gasteiger partial charge in [-0.3, -0.25) is 9.59 Å². The van der Waals surface area contributed by atoms with Crippen LogP contribution in [0, 0.1) is 0 Å². The zero-order valence-electron chi connectivity index (χ0n) is 8.22. The van der Waals surface area contributed by atoms with Crippen LogP contribution in [0.5, 0.6) is 0 Å². The van der Waals surface area contributed by atoms with Gasteiger partial charge in [0.15, 0.2) is 11.6 Å². The van der Waals surface area contributed by atoms with Gasteiger partial charge in [0.2, 0.25) is 0 Å². The van der Waals surface area contributed by atoms with E-state index in [-0.39, 0.29) is 11.6 Å². The molecule has 0 spiro atoms. The highest BCUT2D eigenvalue weighted by molar-refractivity contribution is 8.03. The molecule has 1 aliphatic rings. The van der Waals surface area contributed by atoms with Gasteiger partial charge in [0.25, 0.3) is 0 Å². The normalized spacial score (nSPS) is 18.8. The molecule has 2 nitrogen and oxygen atoms in total. The second-order valence-corrected chi connectivity index (χ2v) is 3.88. The summed E-state index contributed by atoms with van der Waals surface area (Å²) in [5, 5.41) is 0. The molecule has 70 valence electrons. The number of rotatable bonds is 1. The van der Waals surface area contributed by atoms with Gasteiger partial charge in [0.05, 0.1) is 4.91 Å². The van der Waals surface area contributed by atoms with E-state index in [1.165, 1.54) is 11.8 Å². The molecule has 0 atom stereocenters. The van der Waals surface area contributed by atoms with Gasteiger partial charge in [-0.05, 0) is 27.0 Å². The first kappa shape index (κ1) is 10.3. The average molecular weight is 196 g/mol. The van der Waals surface area contributed by atoms with Gasteiger partial charge in [-0.25, -0.2) is 0 Å². The highest BCUT2D eigenvalue weighted by Gasteiger charge is 2.26. The SMILES string of the molecule is CSC1=C(C)C(=O)C(C)=C(C)C1=O. The molecule has 13 heavy (non-hydrogen) atoms. The Kier molecular flexibility index (Phi) is 2.76. The van der Waals surface area contributed by atoms with Crippen molar-refractivity contribution in [3.63, 3.8) is 0 Å². The van der Waals surface area contributed by atoms with Crippen molar-refractivity contribution >= 4 is 23.3 Å². The third kappa shape index (κ3) is 1.48. The predicted octanol–water partition coefficient (Wildman–Crippen LogP) is 2.11. The third-order valence-electron chi connectivity index (χ3n) is 2.34. The van der Waals surface area contributed by atoms with E-state index in [0.29, 0.717) is 21.6 Å². The molecule has 0 aliphatic heterocycles. The van der Waals surface area contributed by atoms with E-state index in [2.05, 4.69) is 0 Å². The lowest BCUT2D eigenvalue weighted by atomic mass is 9.92. The molecule has 0 radical (unpaired) electrons. The van der Waals surface area contributed by atoms with E-state index in [1.54, 1.807) is 20.8 Å². The molecule has 1 aliphatic carbocycles. The van der Waals surface area contributed by atoms with Crippen LogP contribution in [0.25, 0.3) is 0 Å². The minimum atomic E-state index is 0.00134. The number of allylic oxidation sites excluding steroid dienone is 4. The zero-order valence-corrected chi connectivity index (χ0v) is 9.04. The fraction of sp³-hybridized carbons (Fsp3) is 0.400. The van der Waals surface area contributed by atoms with Crippen LogP contribution in [0.3, 0.4) is 0 Å². The van der Waals surface area contributed by atoms with Crippen LogP contribution in [-0.4, -0.2) is 17.8 Å². The molecule has 0 N–H and O–H groups in total. The van der Waals surface area contributed by atoms with Gasteiger partial charge < -0.3 is 0 Å². The maximum atomic E-state index is 11.6. The van der Waals surface area contributed by atoms with E-state index in [9.17, 15) is 9.59 Å². The molecule has 0 saturated heterocycles. The Balaban J connectivity index is 3.29. The summed E-state index contributed by atoms with van der Waals surface area (Å²) in [7, 11) is 0. The first-order valence-electron chi connectivity index (χ1n) is 4.02. The highest BCUT2D eigenvalue weighted by atomic mass is 32.2.